The number of rotatable bonds is 3. The van der Waals surface area contributed by atoms with Crippen LogP contribution in [0.4, 0.5) is 11.4 Å². The van der Waals surface area contributed by atoms with Gasteiger partial charge >= 0.3 is 0 Å². The number of para-hydroxylation sites is 1. The minimum absolute atomic E-state index is 0.245. The molecule has 0 unspecified atom stereocenters. The summed E-state index contributed by atoms with van der Waals surface area (Å²) in [7, 11) is 1.55. The molecule has 0 saturated heterocycles. The Bertz CT molecular complexity index is 609. The monoisotopic (exact) mass is 256 g/mol. The highest BCUT2D eigenvalue weighted by atomic mass is 16.5. The van der Waals surface area contributed by atoms with Crippen LogP contribution >= 0.6 is 0 Å². The van der Waals surface area contributed by atoms with Crippen molar-refractivity contribution in [3.8, 4) is 5.75 Å². The molecule has 0 radical (unpaired) electrons. The highest BCUT2D eigenvalue weighted by Gasteiger charge is 2.12. The smallest absolute Gasteiger partial charge is 0.257 e. The van der Waals surface area contributed by atoms with Crippen molar-refractivity contribution >= 4 is 17.3 Å². The van der Waals surface area contributed by atoms with E-state index in [2.05, 4.69) is 5.32 Å². The van der Waals surface area contributed by atoms with Crippen LogP contribution in [0.15, 0.2) is 42.5 Å². The summed E-state index contributed by atoms with van der Waals surface area (Å²) in [6, 6.07) is 12.6. The standard InChI is InChI=1S/C15H16N2O2/c1-10-5-3-4-6-14(10)17-15(18)12-9-11(19-2)7-8-13(12)16/h3-9H,16H2,1-2H3,(H,17,18). The van der Waals surface area contributed by atoms with Gasteiger partial charge in [0.1, 0.15) is 5.75 Å². The number of carbonyl (C=O) groups is 1. The molecule has 2 aromatic carbocycles. The molecule has 98 valence electrons. The zero-order valence-corrected chi connectivity index (χ0v) is 10.9. The Balaban J connectivity index is 2.28. The van der Waals surface area contributed by atoms with Crippen LogP contribution in [0.2, 0.25) is 0 Å². The molecule has 3 N–H and O–H groups in total. The van der Waals surface area contributed by atoms with Crippen molar-refractivity contribution in [2.45, 2.75) is 6.92 Å². The first-order chi connectivity index (χ1) is 9.11. The molecule has 0 aliphatic heterocycles. The second-order valence-corrected chi connectivity index (χ2v) is 4.22. The predicted molar refractivity (Wildman–Crippen MR) is 76.5 cm³/mol. The average molecular weight is 256 g/mol. The zero-order valence-electron chi connectivity index (χ0n) is 10.9. The third kappa shape index (κ3) is 2.85. The molecule has 0 aromatic heterocycles. The summed E-state index contributed by atoms with van der Waals surface area (Å²) >= 11 is 0. The molecule has 0 aliphatic carbocycles. The quantitative estimate of drug-likeness (QED) is 0.830. The fourth-order valence-corrected chi connectivity index (χ4v) is 1.76. The number of nitrogens with one attached hydrogen (secondary N) is 1. The summed E-state index contributed by atoms with van der Waals surface area (Å²) in [6.45, 7) is 1.94. The highest BCUT2D eigenvalue weighted by molar-refractivity contribution is 6.08. The Labute approximate surface area is 112 Å². The number of nitrogens with two attached hydrogens (primary N) is 1. The molecule has 0 bridgehead atoms. The van der Waals surface area contributed by atoms with E-state index >= 15 is 0 Å². The highest BCUT2D eigenvalue weighted by Crippen LogP contribution is 2.21. The first-order valence-electron chi connectivity index (χ1n) is 5.92. The fraction of sp³-hybridized carbons (Fsp3) is 0.133. The summed E-state index contributed by atoms with van der Waals surface area (Å²) in [6.07, 6.45) is 0. The number of carbonyl (C=O) groups excluding carboxylic acids is 1. The van der Waals surface area contributed by atoms with E-state index < -0.39 is 0 Å². The summed E-state index contributed by atoms with van der Waals surface area (Å²) < 4.78 is 5.10. The molecule has 19 heavy (non-hydrogen) atoms. The number of methoxy groups -OCH3 is 1. The van der Waals surface area contributed by atoms with Crippen LogP contribution in [0.5, 0.6) is 5.75 Å². The van der Waals surface area contributed by atoms with Crippen LogP contribution < -0.4 is 15.8 Å². The number of nitrogen functional groups attached to an aromatic ring is 1. The molecule has 2 aromatic rings. The van der Waals surface area contributed by atoms with Gasteiger partial charge in [-0.1, -0.05) is 18.2 Å². The van der Waals surface area contributed by atoms with E-state index in [1.165, 1.54) is 0 Å². The minimum Gasteiger partial charge on any atom is -0.497 e. The van der Waals surface area contributed by atoms with Gasteiger partial charge in [0.05, 0.1) is 12.7 Å². The van der Waals surface area contributed by atoms with Crippen molar-refractivity contribution in [2.75, 3.05) is 18.2 Å². The molecule has 0 aliphatic rings. The largest absolute Gasteiger partial charge is 0.497 e. The van der Waals surface area contributed by atoms with Gasteiger partial charge in [-0.25, -0.2) is 0 Å². The van der Waals surface area contributed by atoms with Crippen LogP contribution in [0.3, 0.4) is 0 Å². The van der Waals surface area contributed by atoms with Crippen molar-refractivity contribution in [1.29, 1.82) is 0 Å². The molecule has 0 atom stereocenters. The Kier molecular flexibility index (Phi) is 3.71. The predicted octanol–water partition coefficient (Wildman–Crippen LogP) is 2.84. The van der Waals surface area contributed by atoms with Gasteiger partial charge in [-0.2, -0.15) is 0 Å². The van der Waals surface area contributed by atoms with Crippen molar-refractivity contribution in [3.63, 3.8) is 0 Å². The van der Waals surface area contributed by atoms with Crippen molar-refractivity contribution in [3.05, 3.63) is 53.6 Å². The summed E-state index contributed by atoms with van der Waals surface area (Å²) in [5, 5.41) is 2.84. The molecule has 0 fully saturated rings. The Morgan fingerprint density at radius 1 is 1.21 bits per heavy atom. The van der Waals surface area contributed by atoms with Gasteiger partial charge in [-0.3, -0.25) is 4.79 Å². The van der Waals surface area contributed by atoms with E-state index in [0.717, 1.165) is 11.3 Å². The normalized spacial score (nSPS) is 10.0. The molecule has 4 heteroatoms. The SMILES string of the molecule is COc1ccc(N)c(C(=O)Nc2ccccc2C)c1. The molecular formula is C15H16N2O2. The third-order valence-electron chi connectivity index (χ3n) is 2.90. The fourth-order valence-electron chi connectivity index (χ4n) is 1.76. The van der Waals surface area contributed by atoms with E-state index in [1.54, 1.807) is 25.3 Å². The zero-order chi connectivity index (χ0) is 13.8. The molecule has 0 spiro atoms. The topological polar surface area (TPSA) is 64.3 Å². The lowest BCUT2D eigenvalue weighted by molar-refractivity contribution is 0.102. The van der Waals surface area contributed by atoms with Gasteiger partial charge in [-0.05, 0) is 36.8 Å². The van der Waals surface area contributed by atoms with Crippen LogP contribution in [-0.2, 0) is 0 Å². The summed E-state index contributed by atoms with van der Waals surface area (Å²) in [4.78, 5) is 12.2. The molecule has 4 nitrogen and oxygen atoms in total. The second-order valence-electron chi connectivity index (χ2n) is 4.22. The molecule has 2 rings (SSSR count). The van der Waals surface area contributed by atoms with E-state index in [9.17, 15) is 4.79 Å². The maximum absolute atomic E-state index is 12.2. The van der Waals surface area contributed by atoms with E-state index in [0.29, 0.717) is 17.0 Å². The van der Waals surface area contributed by atoms with Crippen LogP contribution in [0.25, 0.3) is 0 Å². The maximum atomic E-state index is 12.2. The Morgan fingerprint density at radius 2 is 1.95 bits per heavy atom. The minimum atomic E-state index is -0.245. The number of anilines is 2. The molecule has 1 amide bonds. The number of aryl methyl sites for hydroxylation is 1. The van der Waals surface area contributed by atoms with Crippen LogP contribution in [-0.4, -0.2) is 13.0 Å². The number of ether oxygens (including phenoxy) is 1. The lowest BCUT2D eigenvalue weighted by Crippen LogP contribution is -2.14. The number of hydrogen-bond donors (Lipinski definition) is 2. The number of hydrogen-bond acceptors (Lipinski definition) is 3. The molecule has 0 saturated carbocycles. The van der Waals surface area contributed by atoms with E-state index in [1.807, 2.05) is 31.2 Å². The third-order valence-corrected chi connectivity index (χ3v) is 2.90. The van der Waals surface area contributed by atoms with Gasteiger partial charge in [0.25, 0.3) is 5.91 Å². The van der Waals surface area contributed by atoms with Crippen molar-refractivity contribution < 1.29 is 9.53 Å². The number of benzene rings is 2. The van der Waals surface area contributed by atoms with E-state index in [4.69, 9.17) is 10.5 Å². The molecule has 0 heterocycles. The second kappa shape index (κ2) is 5.44. The number of amides is 1. The first-order valence-corrected chi connectivity index (χ1v) is 5.92. The van der Waals surface area contributed by atoms with Gasteiger partial charge in [-0.15, -0.1) is 0 Å². The van der Waals surface area contributed by atoms with Gasteiger partial charge in [0.2, 0.25) is 0 Å². The lowest BCUT2D eigenvalue weighted by Gasteiger charge is -2.10. The van der Waals surface area contributed by atoms with Crippen LogP contribution in [0, 0.1) is 6.92 Å². The molecular weight excluding hydrogens is 240 g/mol. The maximum Gasteiger partial charge on any atom is 0.257 e. The van der Waals surface area contributed by atoms with Crippen molar-refractivity contribution in [2.24, 2.45) is 0 Å². The lowest BCUT2D eigenvalue weighted by atomic mass is 10.1. The first kappa shape index (κ1) is 13.0. The average Bonchev–Trinajstić information content (AvgIpc) is 2.42. The van der Waals surface area contributed by atoms with Crippen LogP contribution in [0.1, 0.15) is 15.9 Å². The van der Waals surface area contributed by atoms with Gasteiger partial charge in [0.15, 0.2) is 0 Å². The Hall–Kier alpha value is -2.49. The van der Waals surface area contributed by atoms with E-state index in [-0.39, 0.29) is 5.91 Å². The van der Waals surface area contributed by atoms with Gasteiger partial charge < -0.3 is 15.8 Å². The summed E-state index contributed by atoms with van der Waals surface area (Å²) in [5.74, 6) is 0.356. The van der Waals surface area contributed by atoms with Gasteiger partial charge in [0, 0.05) is 11.4 Å². The Morgan fingerprint density at radius 3 is 2.63 bits per heavy atom. The summed E-state index contributed by atoms with van der Waals surface area (Å²) in [5.41, 5.74) is 8.42. The van der Waals surface area contributed by atoms with Crippen molar-refractivity contribution in [1.82, 2.24) is 0 Å².